The number of rotatable bonds is 2. The van der Waals surface area contributed by atoms with E-state index in [9.17, 15) is 0 Å². The van der Waals surface area contributed by atoms with Gasteiger partial charge in [0, 0.05) is 9.84 Å². The fourth-order valence-electron chi connectivity index (χ4n) is 4.56. The summed E-state index contributed by atoms with van der Waals surface area (Å²) < 4.78 is 15.6. The third kappa shape index (κ3) is 1.88. The summed E-state index contributed by atoms with van der Waals surface area (Å²) in [7, 11) is 0. The molecular formula is C15H17ClIN5O2. The van der Waals surface area contributed by atoms with E-state index in [4.69, 9.17) is 26.8 Å². The third-order valence-corrected chi connectivity index (χ3v) is 7.20. The fourth-order valence-corrected chi connectivity index (χ4v) is 6.04. The van der Waals surface area contributed by atoms with E-state index in [1.54, 1.807) is 6.33 Å². The maximum Gasteiger partial charge on any atom is 0.226 e. The molecular weight excluding hydrogens is 445 g/mol. The minimum atomic E-state index is -0.567. The smallest absolute Gasteiger partial charge is 0.226 e. The standard InChI is InChI=1S/C15H17ClIN5O2/c1-14(2)23-9-8(6-3-15(6,4-17)10(9)24-14)22-5-19-7-11(18)20-13(16)21-12(7)22/h5-6,8-10H,3-4H2,1-2H3,(H2,18,20,21)/t6-,8-,9+,10+,15+/m1/s1. The number of nitrogens with zero attached hydrogens (tertiary/aromatic N) is 4. The second-order valence-corrected chi connectivity index (χ2v) is 8.49. The van der Waals surface area contributed by atoms with Crippen LogP contribution in [0.25, 0.3) is 11.2 Å². The lowest BCUT2D eigenvalue weighted by atomic mass is 10.0. The van der Waals surface area contributed by atoms with Gasteiger partial charge in [-0.2, -0.15) is 9.97 Å². The lowest BCUT2D eigenvalue weighted by Crippen LogP contribution is -2.32. The van der Waals surface area contributed by atoms with E-state index < -0.39 is 5.79 Å². The first-order chi connectivity index (χ1) is 11.4. The van der Waals surface area contributed by atoms with E-state index in [0.717, 1.165) is 10.8 Å². The lowest BCUT2D eigenvalue weighted by molar-refractivity contribution is -0.160. The van der Waals surface area contributed by atoms with Gasteiger partial charge in [0.25, 0.3) is 0 Å². The molecule has 9 heteroatoms. The normalized spacial score (nSPS) is 39.2. The van der Waals surface area contributed by atoms with Gasteiger partial charge in [-0.25, -0.2) is 4.98 Å². The van der Waals surface area contributed by atoms with E-state index in [0.29, 0.717) is 22.9 Å². The van der Waals surface area contributed by atoms with Crippen molar-refractivity contribution in [3.63, 3.8) is 0 Å². The largest absolute Gasteiger partial charge is 0.382 e. The van der Waals surface area contributed by atoms with Crippen LogP contribution < -0.4 is 5.73 Å². The fraction of sp³-hybridized carbons (Fsp3) is 0.667. The van der Waals surface area contributed by atoms with Crippen molar-refractivity contribution in [1.29, 1.82) is 0 Å². The van der Waals surface area contributed by atoms with Gasteiger partial charge in [-0.05, 0) is 37.8 Å². The zero-order valence-corrected chi connectivity index (χ0v) is 16.2. The van der Waals surface area contributed by atoms with Crippen molar-refractivity contribution in [2.45, 2.75) is 44.3 Å². The van der Waals surface area contributed by atoms with Crippen LogP contribution in [0.1, 0.15) is 26.3 Å². The minimum absolute atomic E-state index is 0.0131. The highest BCUT2D eigenvalue weighted by Gasteiger charge is 2.75. The summed E-state index contributed by atoms with van der Waals surface area (Å²) in [5.74, 6) is 0.230. The van der Waals surface area contributed by atoms with Crippen LogP contribution in [0.3, 0.4) is 0 Å². The van der Waals surface area contributed by atoms with Gasteiger partial charge in [-0.3, -0.25) is 0 Å². The van der Waals surface area contributed by atoms with Crippen molar-refractivity contribution in [3.8, 4) is 0 Å². The first kappa shape index (κ1) is 15.5. The van der Waals surface area contributed by atoms with Crippen LogP contribution in [-0.4, -0.2) is 41.9 Å². The highest BCUT2D eigenvalue weighted by molar-refractivity contribution is 14.1. The summed E-state index contributed by atoms with van der Waals surface area (Å²) in [5.41, 5.74) is 7.38. The van der Waals surface area contributed by atoms with Gasteiger partial charge in [-0.15, -0.1) is 0 Å². The summed E-state index contributed by atoms with van der Waals surface area (Å²) in [6.07, 6.45) is 3.01. The van der Waals surface area contributed by atoms with E-state index in [-0.39, 0.29) is 28.9 Å². The molecule has 2 N–H and O–H groups in total. The van der Waals surface area contributed by atoms with Gasteiger partial charge < -0.3 is 19.8 Å². The van der Waals surface area contributed by atoms with Gasteiger partial charge in [0.1, 0.15) is 11.6 Å². The SMILES string of the molecule is CC1(C)O[C@H]2[C@H](n3cnc4c(N)nc(Cl)nc43)[C@H]3C[C@@]3(CI)[C@H]2O1. The van der Waals surface area contributed by atoms with Gasteiger partial charge in [0.05, 0.1) is 18.5 Å². The van der Waals surface area contributed by atoms with E-state index in [1.807, 2.05) is 13.8 Å². The summed E-state index contributed by atoms with van der Waals surface area (Å²) in [5, 5.41) is 0.135. The summed E-state index contributed by atoms with van der Waals surface area (Å²) in [6, 6.07) is 0.127. The Labute approximate surface area is 157 Å². The zero-order valence-electron chi connectivity index (χ0n) is 13.2. The molecule has 0 bridgehead atoms. The quantitative estimate of drug-likeness (QED) is 0.420. The van der Waals surface area contributed by atoms with E-state index >= 15 is 0 Å². The van der Waals surface area contributed by atoms with Gasteiger partial charge in [0.2, 0.25) is 5.28 Å². The molecule has 2 aliphatic carbocycles. The second-order valence-electron chi connectivity index (χ2n) is 7.39. The molecule has 0 radical (unpaired) electrons. The average molecular weight is 462 g/mol. The molecule has 3 fully saturated rings. The highest BCUT2D eigenvalue weighted by atomic mass is 127. The number of fused-ring (bicyclic) bond motifs is 4. The predicted octanol–water partition coefficient (Wildman–Crippen LogP) is 2.58. The van der Waals surface area contributed by atoms with Gasteiger partial charge in [-0.1, -0.05) is 22.6 Å². The number of nitrogen functional groups attached to an aromatic ring is 1. The average Bonchev–Trinajstić information content (AvgIpc) is 2.78. The molecule has 0 spiro atoms. The van der Waals surface area contributed by atoms with Crippen LogP contribution in [-0.2, 0) is 9.47 Å². The molecule has 5 rings (SSSR count). The lowest BCUT2D eigenvalue weighted by Gasteiger charge is -2.24. The zero-order chi connectivity index (χ0) is 16.9. The number of alkyl halides is 1. The van der Waals surface area contributed by atoms with Crippen molar-refractivity contribution in [1.82, 2.24) is 19.5 Å². The molecule has 1 saturated heterocycles. The van der Waals surface area contributed by atoms with Crippen LogP contribution in [0, 0.1) is 11.3 Å². The third-order valence-electron chi connectivity index (χ3n) is 5.61. The first-order valence-corrected chi connectivity index (χ1v) is 9.84. The Morgan fingerprint density at radius 2 is 2.21 bits per heavy atom. The second kappa shape index (κ2) is 4.72. The van der Waals surface area contributed by atoms with E-state index in [1.165, 1.54) is 0 Å². The number of anilines is 1. The molecule has 3 aliphatic rings. The number of nitrogens with two attached hydrogens (primary N) is 1. The number of aromatic nitrogens is 4. The van der Waals surface area contributed by atoms with Crippen molar-refractivity contribution in [2.24, 2.45) is 11.3 Å². The Morgan fingerprint density at radius 1 is 1.42 bits per heavy atom. The molecule has 2 aromatic rings. The van der Waals surface area contributed by atoms with Crippen molar-refractivity contribution in [2.75, 3.05) is 10.2 Å². The maximum atomic E-state index is 6.26. The number of hydrogen-bond acceptors (Lipinski definition) is 6. The first-order valence-electron chi connectivity index (χ1n) is 7.93. The molecule has 5 atom stereocenters. The van der Waals surface area contributed by atoms with Crippen molar-refractivity contribution >= 4 is 51.2 Å². The molecule has 0 aromatic carbocycles. The van der Waals surface area contributed by atoms with Crippen LogP contribution in [0.2, 0.25) is 5.28 Å². The number of hydrogen-bond donors (Lipinski definition) is 1. The highest BCUT2D eigenvalue weighted by Crippen LogP contribution is 2.72. The molecule has 0 unspecified atom stereocenters. The Morgan fingerprint density at radius 3 is 2.96 bits per heavy atom. The van der Waals surface area contributed by atoms with Gasteiger partial charge in [0.15, 0.2) is 17.3 Å². The summed E-state index contributed by atoms with van der Waals surface area (Å²) in [6.45, 7) is 3.95. The minimum Gasteiger partial charge on any atom is -0.382 e. The predicted molar refractivity (Wildman–Crippen MR) is 97.0 cm³/mol. The van der Waals surface area contributed by atoms with Crippen molar-refractivity contribution < 1.29 is 9.47 Å². The number of imidazole rings is 1. The molecule has 2 saturated carbocycles. The molecule has 3 heterocycles. The number of halogens is 2. The van der Waals surface area contributed by atoms with Crippen LogP contribution in [0.5, 0.6) is 0 Å². The number of ether oxygens (including phenoxy) is 2. The summed E-state index contributed by atoms with van der Waals surface area (Å²) >= 11 is 8.48. The molecule has 24 heavy (non-hydrogen) atoms. The topological polar surface area (TPSA) is 88.1 Å². The molecule has 128 valence electrons. The Hall–Kier alpha value is -0.710. The molecule has 0 amide bonds. The Balaban J connectivity index is 1.65. The molecule has 7 nitrogen and oxygen atoms in total. The molecule has 2 aromatic heterocycles. The maximum absolute atomic E-state index is 6.26. The Kier molecular flexibility index (Phi) is 3.05. The van der Waals surface area contributed by atoms with Crippen LogP contribution in [0.4, 0.5) is 5.82 Å². The molecule has 1 aliphatic heterocycles. The van der Waals surface area contributed by atoms with Crippen LogP contribution in [0.15, 0.2) is 6.33 Å². The summed E-state index contributed by atoms with van der Waals surface area (Å²) in [4.78, 5) is 12.8. The monoisotopic (exact) mass is 461 g/mol. The van der Waals surface area contributed by atoms with Crippen LogP contribution >= 0.6 is 34.2 Å². The van der Waals surface area contributed by atoms with Crippen molar-refractivity contribution in [3.05, 3.63) is 11.6 Å². The van der Waals surface area contributed by atoms with Gasteiger partial charge >= 0.3 is 0 Å². The Bertz CT molecular complexity index is 858. The van der Waals surface area contributed by atoms with E-state index in [2.05, 4.69) is 42.1 Å².